The Hall–Kier alpha value is -3.37. The molecule has 8 nitrogen and oxygen atoms in total. The van der Waals surface area contributed by atoms with Gasteiger partial charge in [-0.2, -0.15) is 10.2 Å². The molecule has 37 heavy (non-hydrogen) atoms. The number of halogens is 1. The van der Waals surface area contributed by atoms with Crippen LogP contribution in [-0.4, -0.2) is 45.2 Å². The molecule has 0 aliphatic heterocycles. The molecule has 1 aromatic carbocycles. The highest BCUT2D eigenvalue weighted by Gasteiger charge is 2.25. The number of hydrogen-bond acceptors (Lipinski definition) is 6. The summed E-state index contributed by atoms with van der Waals surface area (Å²) in [6.45, 7) is 16.0. The van der Waals surface area contributed by atoms with Crippen LogP contribution >= 0.6 is 0 Å². The summed E-state index contributed by atoms with van der Waals surface area (Å²) < 4.78 is 23.7. The topological polar surface area (TPSA) is 82.7 Å². The number of aryl methyl sites for hydroxylation is 2. The molecule has 3 heterocycles. The highest BCUT2D eigenvalue weighted by molar-refractivity contribution is 6.53. The molecular weight excluding hydrogens is 485 g/mol. The van der Waals surface area contributed by atoms with Crippen LogP contribution in [0.4, 0.5) is 16.0 Å². The standard InChI is InChI=1S/C27H35FN7OSi/c1-8-22-25(20-9-11-21(28)12-10-20)34(13-14-36-37(7)27(4,5)6)33-26(22)31-23-16-24(30-17-29-23)35-19(3)15-18(2)32-35/h9-12,15-17H,8,13-14H2,1-7H3,(H,29,30,31,33). The average Bonchev–Trinajstić information content (AvgIpc) is 3.37. The molecule has 0 atom stereocenters. The molecule has 1 radical (unpaired) electrons. The molecule has 0 saturated carbocycles. The third-order valence-corrected chi connectivity index (χ3v) is 9.07. The Kier molecular flexibility index (Phi) is 7.89. The Morgan fingerprint density at radius 2 is 1.78 bits per heavy atom. The fourth-order valence-corrected chi connectivity index (χ4v) is 4.87. The number of nitrogens with one attached hydrogen (secondary N) is 1. The van der Waals surface area contributed by atoms with Gasteiger partial charge in [0.05, 0.1) is 24.5 Å². The lowest BCUT2D eigenvalue weighted by molar-refractivity contribution is 0.282. The Balaban J connectivity index is 1.68. The SMILES string of the molecule is CCc1c(Nc2cc(-n3nc(C)cc3C)ncn2)nn(CCO[Si](C)C(C)(C)C)c1-c1ccc(F)cc1. The van der Waals surface area contributed by atoms with Crippen molar-refractivity contribution in [2.75, 3.05) is 11.9 Å². The summed E-state index contributed by atoms with van der Waals surface area (Å²) >= 11 is 0. The maximum atomic E-state index is 13.7. The van der Waals surface area contributed by atoms with Crippen molar-refractivity contribution in [1.82, 2.24) is 29.5 Å². The zero-order valence-electron chi connectivity index (χ0n) is 22.6. The van der Waals surface area contributed by atoms with E-state index in [4.69, 9.17) is 9.52 Å². The van der Waals surface area contributed by atoms with Gasteiger partial charge in [0.2, 0.25) is 9.04 Å². The average molecular weight is 521 g/mol. The summed E-state index contributed by atoms with van der Waals surface area (Å²) in [5, 5.41) is 13.0. The van der Waals surface area contributed by atoms with E-state index in [1.165, 1.54) is 18.5 Å². The van der Waals surface area contributed by atoms with Gasteiger partial charge in [0.15, 0.2) is 11.6 Å². The van der Waals surface area contributed by atoms with Crippen LogP contribution in [0.15, 0.2) is 42.7 Å². The molecule has 4 aromatic rings. The van der Waals surface area contributed by atoms with Crippen LogP contribution in [0.2, 0.25) is 11.6 Å². The maximum Gasteiger partial charge on any atom is 0.213 e. The molecule has 195 valence electrons. The van der Waals surface area contributed by atoms with E-state index < -0.39 is 9.04 Å². The lowest BCUT2D eigenvalue weighted by Gasteiger charge is -2.24. The van der Waals surface area contributed by atoms with E-state index in [2.05, 4.69) is 54.6 Å². The van der Waals surface area contributed by atoms with Crippen LogP contribution < -0.4 is 5.32 Å². The molecule has 0 bridgehead atoms. The van der Waals surface area contributed by atoms with Gasteiger partial charge in [-0.05, 0) is 62.2 Å². The van der Waals surface area contributed by atoms with Crippen molar-refractivity contribution in [3.8, 4) is 17.1 Å². The summed E-state index contributed by atoms with van der Waals surface area (Å²) in [5.74, 6) is 1.73. The minimum absolute atomic E-state index is 0.145. The fraction of sp³-hybridized carbons (Fsp3) is 0.407. The largest absolute Gasteiger partial charge is 0.414 e. The molecule has 4 rings (SSSR count). The van der Waals surface area contributed by atoms with Crippen molar-refractivity contribution >= 4 is 20.7 Å². The molecule has 0 spiro atoms. The Labute approximate surface area is 219 Å². The second-order valence-electron chi connectivity index (χ2n) is 10.1. The van der Waals surface area contributed by atoms with Gasteiger partial charge in [-0.3, -0.25) is 4.68 Å². The van der Waals surface area contributed by atoms with Crippen LogP contribution in [0, 0.1) is 19.7 Å². The summed E-state index contributed by atoms with van der Waals surface area (Å²) in [7, 11) is -0.978. The number of hydrogen-bond donors (Lipinski definition) is 1. The zero-order valence-corrected chi connectivity index (χ0v) is 23.6. The summed E-state index contributed by atoms with van der Waals surface area (Å²) in [6, 6.07) is 10.4. The molecule has 0 unspecified atom stereocenters. The normalized spacial score (nSPS) is 11.9. The highest BCUT2D eigenvalue weighted by atomic mass is 28.3. The molecular formula is C27H35FN7OSi. The predicted molar refractivity (Wildman–Crippen MR) is 146 cm³/mol. The van der Waals surface area contributed by atoms with E-state index >= 15 is 0 Å². The predicted octanol–water partition coefficient (Wildman–Crippen LogP) is 6.03. The molecule has 0 saturated heterocycles. The van der Waals surface area contributed by atoms with E-state index in [1.54, 1.807) is 16.8 Å². The Bertz CT molecular complexity index is 1360. The molecule has 3 aromatic heterocycles. The minimum atomic E-state index is -0.978. The molecule has 10 heteroatoms. The van der Waals surface area contributed by atoms with Gasteiger partial charge < -0.3 is 9.74 Å². The van der Waals surface area contributed by atoms with Crippen LogP contribution in [0.3, 0.4) is 0 Å². The van der Waals surface area contributed by atoms with Crippen molar-refractivity contribution in [1.29, 1.82) is 0 Å². The van der Waals surface area contributed by atoms with E-state index in [9.17, 15) is 4.39 Å². The summed E-state index contributed by atoms with van der Waals surface area (Å²) in [6.07, 6.45) is 2.25. The molecule has 0 aliphatic rings. The van der Waals surface area contributed by atoms with Gasteiger partial charge in [-0.1, -0.05) is 27.7 Å². The van der Waals surface area contributed by atoms with Crippen molar-refractivity contribution in [2.24, 2.45) is 0 Å². The van der Waals surface area contributed by atoms with Gasteiger partial charge in [0.25, 0.3) is 0 Å². The lowest BCUT2D eigenvalue weighted by Crippen LogP contribution is -2.27. The quantitative estimate of drug-likeness (QED) is 0.272. The number of benzene rings is 1. The van der Waals surface area contributed by atoms with Crippen molar-refractivity contribution in [3.05, 3.63) is 65.5 Å². The van der Waals surface area contributed by atoms with E-state index in [1.807, 2.05) is 30.7 Å². The Morgan fingerprint density at radius 3 is 2.41 bits per heavy atom. The van der Waals surface area contributed by atoms with E-state index in [-0.39, 0.29) is 10.9 Å². The number of anilines is 2. The third-order valence-electron chi connectivity index (χ3n) is 6.33. The fourth-order valence-electron chi connectivity index (χ4n) is 4.04. The second-order valence-corrected chi connectivity index (χ2v) is 13.0. The molecule has 0 aliphatic carbocycles. The van der Waals surface area contributed by atoms with Gasteiger partial charge in [-0.25, -0.2) is 19.0 Å². The van der Waals surface area contributed by atoms with Crippen molar-refractivity contribution in [2.45, 2.75) is 66.1 Å². The molecule has 0 fully saturated rings. The van der Waals surface area contributed by atoms with Crippen LogP contribution in [0.25, 0.3) is 17.1 Å². The Morgan fingerprint density at radius 1 is 1.05 bits per heavy atom. The summed E-state index contributed by atoms with van der Waals surface area (Å²) in [4.78, 5) is 8.82. The van der Waals surface area contributed by atoms with Gasteiger partial charge in [0, 0.05) is 22.9 Å². The van der Waals surface area contributed by atoms with E-state index in [0.717, 1.165) is 34.6 Å². The van der Waals surface area contributed by atoms with Gasteiger partial charge in [0.1, 0.15) is 18.0 Å². The van der Waals surface area contributed by atoms with E-state index in [0.29, 0.717) is 30.6 Å². The zero-order chi connectivity index (χ0) is 26.7. The first-order valence-electron chi connectivity index (χ1n) is 12.5. The smallest absolute Gasteiger partial charge is 0.213 e. The van der Waals surface area contributed by atoms with Crippen LogP contribution in [0.5, 0.6) is 0 Å². The monoisotopic (exact) mass is 520 g/mol. The highest BCUT2D eigenvalue weighted by Crippen LogP contribution is 2.32. The molecule has 1 N–H and O–H groups in total. The van der Waals surface area contributed by atoms with Crippen molar-refractivity contribution in [3.63, 3.8) is 0 Å². The third kappa shape index (κ3) is 6.14. The minimum Gasteiger partial charge on any atom is -0.414 e. The van der Waals surface area contributed by atoms with Crippen LogP contribution in [-0.2, 0) is 17.4 Å². The van der Waals surface area contributed by atoms with Gasteiger partial charge >= 0.3 is 0 Å². The lowest BCUT2D eigenvalue weighted by atomic mass is 10.1. The summed E-state index contributed by atoms with van der Waals surface area (Å²) in [5.41, 5.74) is 4.79. The van der Waals surface area contributed by atoms with Gasteiger partial charge in [-0.15, -0.1) is 0 Å². The first-order chi connectivity index (χ1) is 17.6. The van der Waals surface area contributed by atoms with Crippen LogP contribution in [0.1, 0.15) is 44.6 Å². The number of nitrogens with zero attached hydrogens (tertiary/aromatic N) is 6. The maximum absolute atomic E-state index is 13.7. The first-order valence-corrected chi connectivity index (χ1v) is 14.4. The van der Waals surface area contributed by atoms with Crippen molar-refractivity contribution < 1.29 is 8.82 Å². The number of rotatable bonds is 9. The first kappa shape index (κ1) is 26.7. The number of aromatic nitrogens is 6. The second kappa shape index (κ2) is 10.9. The molecule has 0 amide bonds.